The Bertz CT molecular complexity index is 3900. The van der Waals surface area contributed by atoms with E-state index in [-0.39, 0.29) is 0 Å². The summed E-state index contributed by atoms with van der Waals surface area (Å²) in [7, 11) is -4.14. The molecule has 0 bridgehead atoms. The van der Waals surface area contributed by atoms with Gasteiger partial charge in [-0.1, -0.05) is 210 Å². The zero-order valence-corrected chi connectivity index (χ0v) is 51.4. The van der Waals surface area contributed by atoms with Gasteiger partial charge in [-0.3, -0.25) is 0 Å². The van der Waals surface area contributed by atoms with Gasteiger partial charge in [0.2, 0.25) is 0 Å². The predicted octanol–water partition coefficient (Wildman–Crippen LogP) is 24.5. The van der Waals surface area contributed by atoms with Crippen molar-refractivity contribution in [3.8, 4) is 5.69 Å². The minimum Gasteiger partial charge on any atom is -0.310 e. The smallest absolute Gasteiger partial charge is 0.0541 e. The van der Waals surface area contributed by atoms with Crippen LogP contribution in [0.1, 0.15) is 27.7 Å². The Morgan fingerprint density at radius 1 is 0.207 bits per heavy atom. The van der Waals surface area contributed by atoms with Gasteiger partial charge in [-0.2, -0.15) is 0 Å². The molecule has 1 aromatic heterocycles. The molecule has 3 nitrogen and oxygen atoms in total. The summed E-state index contributed by atoms with van der Waals surface area (Å²) in [6, 6.07) is 132. The first-order chi connectivity index (χ1) is 43.2. The Labute approximate surface area is 517 Å². The summed E-state index contributed by atoms with van der Waals surface area (Å²) in [6.07, 6.45) is 0. The molecule has 1 heterocycles. The Morgan fingerprint density at radius 2 is 0.425 bits per heavy atom. The van der Waals surface area contributed by atoms with E-state index in [0.717, 1.165) is 50.8 Å². The van der Waals surface area contributed by atoms with Crippen LogP contribution in [0.5, 0.6) is 0 Å². The molecule has 0 aliphatic heterocycles. The van der Waals surface area contributed by atoms with E-state index in [2.05, 4.69) is 372 Å². The number of rotatable bonds is 15. The average molecular weight is 1160 g/mol. The van der Waals surface area contributed by atoms with Gasteiger partial charge < -0.3 is 14.4 Å². The van der Waals surface area contributed by atoms with Crippen LogP contribution in [0, 0.1) is 0 Å². The fraction of sp³-hybridized carbons (Fsp3) is 0.0488. The Hall–Kier alpha value is -10.0. The first-order valence-electron chi connectivity index (χ1n) is 30.2. The standard InChI is InChI=1S/C78H59N3S2.2C2H6/c1-11-31-60(32-12-1)79(61-33-13-2-14-34-61)64-55-65(80(62-35-15-3-16-36-62)63-37-17-4-18-38-63)57-66(56-64)81-77-53-51-73(82(67-39-19-5-20-40-67,68-41-21-6-22-42-68)69-43-23-7-24-44-69)58-75(77)76-59-74(52-54-78(76)81)83(70-45-25-8-26-46-70,71-47-27-9-28-48-71)72-49-29-10-30-50-72;2*1-2/h1-59H;2*1-2H3. The van der Waals surface area contributed by atoms with Gasteiger partial charge in [-0.15, -0.1) is 20.1 Å². The summed E-state index contributed by atoms with van der Waals surface area (Å²) >= 11 is 0. The molecule has 426 valence electrons. The molecule has 5 heteroatoms. The molecular formula is C82H71N3S2. The van der Waals surface area contributed by atoms with Crippen molar-refractivity contribution in [2.24, 2.45) is 0 Å². The van der Waals surface area contributed by atoms with E-state index in [1.807, 2.05) is 27.7 Å². The molecule has 0 N–H and O–H groups in total. The molecule has 0 radical (unpaired) electrons. The lowest BCUT2D eigenvalue weighted by Gasteiger charge is -2.42. The quantitative estimate of drug-likeness (QED) is 0.101. The summed E-state index contributed by atoms with van der Waals surface area (Å²) in [5.74, 6) is 0. The van der Waals surface area contributed by atoms with Crippen molar-refractivity contribution in [1.29, 1.82) is 0 Å². The van der Waals surface area contributed by atoms with E-state index in [0.29, 0.717) is 0 Å². The molecule has 14 rings (SSSR count). The van der Waals surface area contributed by atoms with Crippen LogP contribution in [-0.2, 0) is 0 Å². The third kappa shape index (κ3) is 10.8. The third-order valence-corrected chi connectivity index (χ3v) is 23.5. The summed E-state index contributed by atoms with van der Waals surface area (Å²) in [5.41, 5.74) is 9.56. The van der Waals surface area contributed by atoms with Crippen LogP contribution in [-0.4, -0.2) is 4.57 Å². The van der Waals surface area contributed by atoms with E-state index in [1.54, 1.807) is 0 Å². The number of hydrogen-bond acceptors (Lipinski definition) is 2. The van der Waals surface area contributed by atoms with Crippen LogP contribution in [0.25, 0.3) is 27.5 Å². The second kappa shape index (κ2) is 26.5. The van der Waals surface area contributed by atoms with Crippen molar-refractivity contribution in [1.82, 2.24) is 4.57 Å². The molecule has 0 spiro atoms. The Balaban J connectivity index is 0.00000181. The molecule has 0 atom stereocenters. The number of fused-ring (bicyclic) bond motifs is 3. The van der Waals surface area contributed by atoms with E-state index < -0.39 is 20.1 Å². The molecule has 0 saturated heterocycles. The van der Waals surface area contributed by atoms with Crippen LogP contribution in [0.4, 0.5) is 34.1 Å². The van der Waals surface area contributed by atoms with E-state index in [1.165, 1.54) is 49.9 Å². The van der Waals surface area contributed by atoms with Gasteiger partial charge in [0.15, 0.2) is 0 Å². The highest BCUT2D eigenvalue weighted by Gasteiger charge is 2.36. The van der Waals surface area contributed by atoms with Crippen molar-refractivity contribution >= 4 is 76.0 Å². The summed E-state index contributed by atoms with van der Waals surface area (Å²) in [5, 5.41) is 2.36. The second-order valence-corrected chi connectivity index (χ2v) is 26.7. The van der Waals surface area contributed by atoms with Gasteiger partial charge in [0.1, 0.15) is 0 Å². The number of hydrogen-bond donors (Lipinski definition) is 0. The van der Waals surface area contributed by atoms with Gasteiger partial charge in [0.05, 0.1) is 28.1 Å². The summed E-state index contributed by atoms with van der Waals surface area (Å²) in [4.78, 5) is 15.0. The number of para-hydroxylation sites is 4. The van der Waals surface area contributed by atoms with Gasteiger partial charge in [0.25, 0.3) is 0 Å². The van der Waals surface area contributed by atoms with Crippen LogP contribution >= 0.6 is 20.1 Å². The molecule has 0 aliphatic rings. The van der Waals surface area contributed by atoms with Crippen molar-refractivity contribution in [3.63, 3.8) is 0 Å². The van der Waals surface area contributed by atoms with Gasteiger partial charge in [-0.05, 0) is 176 Å². The Kier molecular flexibility index (Phi) is 17.5. The lowest BCUT2D eigenvalue weighted by atomic mass is 10.1. The maximum absolute atomic E-state index is 2.55. The minimum absolute atomic E-state index is 1.02. The van der Waals surface area contributed by atoms with E-state index in [9.17, 15) is 0 Å². The Morgan fingerprint density at radius 3 is 0.655 bits per heavy atom. The normalized spacial score (nSPS) is 11.6. The lowest BCUT2D eigenvalue weighted by molar-refractivity contribution is 1.15. The highest BCUT2D eigenvalue weighted by atomic mass is 32.3. The average Bonchev–Trinajstić information content (AvgIpc) is 1.75. The van der Waals surface area contributed by atoms with E-state index in [4.69, 9.17) is 0 Å². The molecule has 0 fully saturated rings. The maximum Gasteiger partial charge on any atom is 0.0541 e. The molecule has 0 aliphatic carbocycles. The van der Waals surface area contributed by atoms with Crippen LogP contribution in [0.3, 0.4) is 0 Å². The number of aromatic nitrogens is 1. The molecular weight excluding hydrogens is 1090 g/mol. The molecule has 0 saturated carbocycles. The summed E-state index contributed by atoms with van der Waals surface area (Å²) < 4.78 is 2.53. The largest absolute Gasteiger partial charge is 0.310 e. The van der Waals surface area contributed by atoms with Crippen molar-refractivity contribution in [2.75, 3.05) is 9.80 Å². The topological polar surface area (TPSA) is 11.4 Å². The molecule has 87 heavy (non-hydrogen) atoms. The number of anilines is 6. The van der Waals surface area contributed by atoms with Crippen LogP contribution in [0.15, 0.2) is 397 Å². The van der Waals surface area contributed by atoms with Crippen molar-refractivity contribution in [2.45, 2.75) is 66.9 Å². The van der Waals surface area contributed by atoms with Crippen molar-refractivity contribution in [3.05, 3.63) is 358 Å². The third-order valence-electron chi connectivity index (χ3n) is 15.7. The maximum atomic E-state index is 2.55. The number of nitrogens with zero attached hydrogens (tertiary/aromatic N) is 3. The minimum atomic E-state index is -2.07. The zero-order valence-electron chi connectivity index (χ0n) is 49.7. The first-order valence-corrected chi connectivity index (χ1v) is 33.5. The van der Waals surface area contributed by atoms with Gasteiger partial charge in [0, 0.05) is 72.7 Å². The molecule has 0 unspecified atom stereocenters. The highest BCUT2D eigenvalue weighted by Crippen LogP contribution is 2.75. The van der Waals surface area contributed by atoms with Gasteiger partial charge >= 0.3 is 0 Å². The van der Waals surface area contributed by atoms with Crippen LogP contribution in [0.2, 0.25) is 0 Å². The molecule has 13 aromatic carbocycles. The summed E-state index contributed by atoms with van der Waals surface area (Å²) in [6.45, 7) is 8.00. The number of benzene rings is 13. The highest BCUT2D eigenvalue weighted by molar-refractivity contribution is 8.34. The lowest BCUT2D eigenvalue weighted by Crippen LogP contribution is -2.14. The van der Waals surface area contributed by atoms with Gasteiger partial charge in [-0.25, -0.2) is 0 Å². The molecule has 0 amide bonds. The molecule has 14 aromatic rings. The fourth-order valence-corrected chi connectivity index (χ4v) is 20.0. The zero-order chi connectivity index (χ0) is 59.4. The predicted molar refractivity (Wildman–Crippen MR) is 373 cm³/mol. The van der Waals surface area contributed by atoms with E-state index >= 15 is 0 Å². The van der Waals surface area contributed by atoms with Crippen LogP contribution < -0.4 is 9.80 Å². The van der Waals surface area contributed by atoms with Crippen molar-refractivity contribution < 1.29 is 0 Å². The second-order valence-electron chi connectivity index (χ2n) is 20.5. The first kappa shape index (κ1) is 57.4. The fourth-order valence-electron chi connectivity index (χ4n) is 12.2. The monoisotopic (exact) mass is 1160 g/mol. The SMILES string of the molecule is CC.CC.c1ccc(N(c2ccccc2)c2cc(N(c3ccccc3)c3ccccc3)cc(-n3c4ccc(S(c5ccccc5)(c5ccccc5)c5ccccc5)cc4c4cc(S(c5ccccc5)(c5ccccc5)c5ccccc5)ccc43)c2)cc1.